The van der Waals surface area contributed by atoms with Gasteiger partial charge in [0, 0.05) is 56.4 Å². The first-order chi connectivity index (χ1) is 15.9. The summed E-state index contributed by atoms with van der Waals surface area (Å²) in [6.45, 7) is 6.61. The fourth-order valence-corrected chi connectivity index (χ4v) is 6.07. The van der Waals surface area contributed by atoms with Crippen molar-refractivity contribution in [2.45, 2.75) is 69.6 Å². The molecule has 1 saturated carbocycles. The molecule has 1 atom stereocenters. The highest BCUT2D eigenvalue weighted by Crippen LogP contribution is 2.43. The second kappa shape index (κ2) is 10.9. The Kier molecular flexibility index (Phi) is 8.80. The van der Waals surface area contributed by atoms with Crippen LogP contribution in [0.3, 0.4) is 0 Å². The zero-order chi connectivity index (χ0) is 25.1. The number of carbonyl (C=O) groups is 1. The molecule has 1 unspecified atom stereocenters. The molecule has 1 N–H and O–H groups in total. The molecule has 192 valence electrons. The van der Waals surface area contributed by atoms with Crippen LogP contribution in [-0.4, -0.2) is 64.5 Å². The second-order valence-electron chi connectivity index (χ2n) is 9.22. The number of halogens is 6. The van der Waals surface area contributed by atoms with Crippen LogP contribution in [0.4, 0.5) is 22.0 Å². The Morgan fingerprint density at radius 1 is 1.21 bits per heavy atom. The van der Waals surface area contributed by atoms with Crippen molar-refractivity contribution >= 4 is 29.5 Å². The summed E-state index contributed by atoms with van der Waals surface area (Å²) in [7, 11) is 0. The molecule has 4 nitrogen and oxygen atoms in total. The van der Waals surface area contributed by atoms with Gasteiger partial charge in [-0.1, -0.05) is 30.5 Å². The maximum Gasteiger partial charge on any atom is 0.416 e. The van der Waals surface area contributed by atoms with Crippen molar-refractivity contribution in [1.82, 2.24) is 14.5 Å². The Bertz CT molecular complexity index is 859. The first-order valence-corrected chi connectivity index (χ1v) is 12.9. The molecule has 1 aromatic carbocycles. The molecule has 1 heterocycles. The minimum absolute atomic E-state index is 0.0696. The third-order valence-electron chi connectivity index (χ3n) is 6.71. The summed E-state index contributed by atoms with van der Waals surface area (Å²) in [6, 6.07) is 2.70. The molecule has 11 heteroatoms. The predicted molar refractivity (Wildman–Crippen MR) is 125 cm³/mol. The summed E-state index contributed by atoms with van der Waals surface area (Å²) in [5.41, 5.74) is -1.65. The smallest absolute Gasteiger partial charge is 0.350 e. The van der Waals surface area contributed by atoms with E-state index in [0.717, 1.165) is 43.5 Å². The standard InChI is InChI=1S/C23H31ClF5N3OS/c1-3-12-34-31-10-11-32(16(2)14-31)21(6-8-22(25,26)9-7-21)15-30-20(33)18-5-4-17(13-19(18)24)23(27,28)29/h4-5,13,16H,3,6-12,14-15H2,1-2H3,(H,30,33). The fourth-order valence-electron chi connectivity index (χ4n) is 4.83. The van der Waals surface area contributed by atoms with E-state index >= 15 is 0 Å². The number of nitrogens with zero attached hydrogens (tertiary/aromatic N) is 2. The van der Waals surface area contributed by atoms with Crippen LogP contribution in [0.2, 0.25) is 5.02 Å². The van der Waals surface area contributed by atoms with E-state index in [4.69, 9.17) is 11.6 Å². The van der Waals surface area contributed by atoms with Crippen LogP contribution in [0.15, 0.2) is 18.2 Å². The van der Waals surface area contributed by atoms with Crippen molar-refractivity contribution in [2.24, 2.45) is 0 Å². The topological polar surface area (TPSA) is 35.6 Å². The molecule has 1 saturated heterocycles. The molecular weight excluding hydrogens is 497 g/mol. The number of rotatable bonds is 7. The normalized spacial score (nSPS) is 23.6. The number of amides is 1. The van der Waals surface area contributed by atoms with E-state index in [1.807, 2.05) is 0 Å². The number of hydrogen-bond acceptors (Lipinski definition) is 4. The summed E-state index contributed by atoms with van der Waals surface area (Å²) in [4.78, 5) is 15.1. The monoisotopic (exact) mass is 527 g/mol. The lowest BCUT2D eigenvalue weighted by Gasteiger charge is -2.53. The van der Waals surface area contributed by atoms with Gasteiger partial charge < -0.3 is 5.32 Å². The van der Waals surface area contributed by atoms with Gasteiger partial charge in [0.25, 0.3) is 5.91 Å². The highest BCUT2D eigenvalue weighted by Gasteiger charge is 2.48. The second-order valence-corrected chi connectivity index (χ2v) is 10.8. The van der Waals surface area contributed by atoms with Crippen LogP contribution in [-0.2, 0) is 6.18 Å². The number of nitrogens with one attached hydrogen (secondary N) is 1. The van der Waals surface area contributed by atoms with Crippen LogP contribution in [0.25, 0.3) is 0 Å². The van der Waals surface area contributed by atoms with Crippen molar-refractivity contribution in [2.75, 3.05) is 31.9 Å². The molecule has 1 aliphatic carbocycles. The number of alkyl halides is 5. The SMILES string of the molecule is CCCSN1CCN(C2(CNC(=O)c3ccc(C(F)(F)F)cc3Cl)CCC(F)(F)CC2)C(C)C1. The summed E-state index contributed by atoms with van der Waals surface area (Å²) in [5, 5.41) is 2.49. The molecule has 0 aromatic heterocycles. The minimum Gasteiger partial charge on any atom is -0.350 e. The molecule has 0 bridgehead atoms. The lowest BCUT2D eigenvalue weighted by molar-refractivity contribution is -0.137. The Balaban J connectivity index is 1.74. The van der Waals surface area contributed by atoms with Gasteiger partial charge in [-0.05, 0) is 44.4 Å². The van der Waals surface area contributed by atoms with Gasteiger partial charge >= 0.3 is 6.18 Å². The number of piperazine rings is 1. The van der Waals surface area contributed by atoms with Crippen LogP contribution in [0.5, 0.6) is 0 Å². The molecule has 1 amide bonds. The highest BCUT2D eigenvalue weighted by atomic mass is 35.5. The van der Waals surface area contributed by atoms with Crippen molar-refractivity contribution < 1.29 is 26.7 Å². The van der Waals surface area contributed by atoms with Gasteiger partial charge in [-0.25, -0.2) is 13.1 Å². The van der Waals surface area contributed by atoms with E-state index in [-0.39, 0.29) is 48.9 Å². The molecule has 34 heavy (non-hydrogen) atoms. The molecule has 0 spiro atoms. The predicted octanol–water partition coefficient (Wildman–Crippen LogP) is 6.10. The van der Waals surface area contributed by atoms with E-state index in [2.05, 4.69) is 28.4 Å². The third kappa shape index (κ3) is 6.56. The van der Waals surface area contributed by atoms with Gasteiger partial charge in [-0.2, -0.15) is 13.2 Å². The van der Waals surface area contributed by atoms with Crippen LogP contribution >= 0.6 is 23.5 Å². The van der Waals surface area contributed by atoms with Crippen molar-refractivity contribution in [3.05, 3.63) is 34.3 Å². The number of hydrogen-bond donors (Lipinski definition) is 1. The molecule has 1 aromatic rings. The van der Waals surface area contributed by atoms with E-state index in [9.17, 15) is 26.7 Å². The fraction of sp³-hybridized carbons (Fsp3) is 0.696. The molecule has 2 aliphatic rings. The Morgan fingerprint density at radius 2 is 1.88 bits per heavy atom. The summed E-state index contributed by atoms with van der Waals surface area (Å²) in [5.74, 6) is -2.32. The lowest BCUT2D eigenvalue weighted by Crippen LogP contribution is -2.65. The van der Waals surface area contributed by atoms with Crippen LogP contribution < -0.4 is 5.32 Å². The summed E-state index contributed by atoms with van der Waals surface area (Å²) >= 11 is 7.77. The van der Waals surface area contributed by atoms with Gasteiger partial charge in [-0.3, -0.25) is 9.69 Å². The van der Waals surface area contributed by atoms with Crippen LogP contribution in [0.1, 0.15) is 61.9 Å². The van der Waals surface area contributed by atoms with Gasteiger partial charge in [0.15, 0.2) is 0 Å². The molecule has 3 rings (SSSR count). The van der Waals surface area contributed by atoms with Crippen molar-refractivity contribution in [3.63, 3.8) is 0 Å². The maximum atomic E-state index is 14.0. The van der Waals surface area contributed by atoms with E-state index < -0.39 is 29.1 Å². The van der Waals surface area contributed by atoms with Gasteiger partial charge in [0.05, 0.1) is 16.1 Å². The third-order valence-corrected chi connectivity index (χ3v) is 8.31. The minimum atomic E-state index is -4.57. The Labute approximate surface area is 206 Å². The number of carbonyl (C=O) groups excluding carboxylic acids is 1. The highest BCUT2D eigenvalue weighted by molar-refractivity contribution is 7.97. The molecule has 1 aliphatic heterocycles. The van der Waals surface area contributed by atoms with Crippen LogP contribution in [0, 0.1) is 0 Å². The zero-order valence-corrected chi connectivity index (χ0v) is 20.9. The van der Waals surface area contributed by atoms with Crippen molar-refractivity contribution in [3.8, 4) is 0 Å². The van der Waals surface area contributed by atoms with Gasteiger partial charge in [0.2, 0.25) is 5.92 Å². The quantitative estimate of drug-likeness (QED) is 0.343. The first-order valence-electron chi connectivity index (χ1n) is 11.5. The molecule has 2 fully saturated rings. The van der Waals surface area contributed by atoms with E-state index in [1.54, 1.807) is 11.9 Å². The Hall–Kier alpha value is -1.10. The van der Waals surface area contributed by atoms with Gasteiger partial charge in [0.1, 0.15) is 0 Å². The summed E-state index contributed by atoms with van der Waals surface area (Å²) < 4.78 is 69.1. The maximum absolute atomic E-state index is 14.0. The zero-order valence-electron chi connectivity index (χ0n) is 19.4. The molecular formula is C23H31ClF5N3OS. The van der Waals surface area contributed by atoms with E-state index in [1.165, 1.54) is 0 Å². The molecule has 0 radical (unpaired) electrons. The Morgan fingerprint density at radius 3 is 2.44 bits per heavy atom. The average Bonchev–Trinajstić information content (AvgIpc) is 2.76. The number of benzene rings is 1. The summed E-state index contributed by atoms with van der Waals surface area (Å²) in [6.07, 6.45) is -3.57. The van der Waals surface area contributed by atoms with Crippen molar-refractivity contribution in [1.29, 1.82) is 0 Å². The van der Waals surface area contributed by atoms with E-state index in [0.29, 0.717) is 6.54 Å². The lowest BCUT2D eigenvalue weighted by atomic mass is 9.77. The first kappa shape index (κ1) is 27.5. The largest absolute Gasteiger partial charge is 0.416 e. The average molecular weight is 528 g/mol. The van der Waals surface area contributed by atoms with Gasteiger partial charge in [-0.15, -0.1) is 0 Å².